The van der Waals surface area contributed by atoms with Gasteiger partial charge in [-0.3, -0.25) is 4.90 Å². The standard InChI is InChI=1S/C20H33N/c1-4-17(2)18(3)15-16-21(19-11-7-5-8-12-19)20-13-9-6-10-14-20/h4,19-20H,1-3,5-16H2. The smallest absolute Gasteiger partial charge is 0.00983 e. The van der Waals surface area contributed by atoms with Gasteiger partial charge in [-0.2, -0.15) is 0 Å². The first kappa shape index (κ1) is 16.5. The van der Waals surface area contributed by atoms with Crippen molar-refractivity contribution in [2.45, 2.75) is 82.7 Å². The predicted octanol–water partition coefficient (Wildman–Crippen LogP) is 5.64. The van der Waals surface area contributed by atoms with Crippen LogP contribution < -0.4 is 0 Å². The van der Waals surface area contributed by atoms with Crippen molar-refractivity contribution in [2.75, 3.05) is 6.54 Å². The highest BCUT2D eigenvalue weighted by atomic mass is 15.2. The molecule has 0 radical (unpaired) electrons. The van der Waals surface area contributed by atoms with Gasteiger partial charge in [-0.25, -0.2) is 0 Å². The van der Waals surface area contributed by atoms with E-state index in [0.29, 0.717) is 0 Å². The SMILES string of the molecule is C=CC(=C)C(=C)CCN(C1CCCCC1)C1CCCCC1. The Bertz CT molecular complexity index is 338. The van der Waals surface area contributed by atoms with Crippen LogP contribution in [0.25, 0.3) is 0 Å². The van der Waals surface area contributed by atoms with Crippen LogP contribution in [0.5, 0.6) is 0 Å². The van der Waals surface area contributed by atoms with Gasteiger partial charge in [0, 0.05) is 18.6 Å². The summed E-state index contributed by atoms with van der Waals surface area (Å²) in [5.74, 6) is 0. The van der Waals surface area contributed by atoms with Crippen LogP contribution in [0, 0.1) is 0 Å². The molecule has 0 aromatic heterocycles. The molecule has 0 aromatic carbocycles. The maximum absolute atomic E-state index is 4.19. The quantitative estimate of drug-likeness (QED) is 0.547. The van der Waals surface area contributed by atoms with Crippen LogP contribution in [0.2, 0.25) is 0 Å². The lowest BCUT2D eigenvalue weighted by Gasteiger charge is -2.42. The fourth-order valence-electron chi connectivity index (χ4n) is 4.06. The van der Waals surface area contributed by atoms with Crippen molar-refractivity contribution in [3.8, 4) is 0 Å². The molecule has 2 saturated carbocycles. The lowest BCUT2D eigenvalue weighted by atomic mass is 9.88. The molecule has 0 aliphatic heterocycles. The topological polar surface area (TPSA) is 3.24 Å². The van der Waals surface area contributed by atoms with E-state index in [-0.39, 0.29) is 0 Å². The molecule has 0 unspecified atom stereocenters. The van der Waals surface area contributed by atoms with Gasteiger partial charge in [-0.05, 0) is 43.3 Å². The first-order chi connectivity index (χ1) is 10.2. The highest BCUT2D eigenvalue weighted by Crippen LogP contribution is 2.30. The molecule has 2 rings (SSSR count). The Morgan fingerprint density at radius 1 is 0.857 bits per heavy atom. The molecule has 0 heterocycles. The normalized spacial score (nSPS) is 21.4. The number of hydrogen-bond donors (Lipinski definition) is 0. The van der Waals surface area contributed by atoms with E-state index in [9.17, 15) is 0 Å². The zero-order chi connectivity index (χ0) is 15.1. The molecule has 0 N–H and O–H groups in total. The summed E-state index contributed by atoms with van der Waals surface area (Å²) < 4.78 is 0. The molecule has 0 spiro atoms. The molecular weight excluding hydrogens is 254 g/mol. The van der Waals surface area contributed by atoms with Gasteiger partial charge < -0.3 is 0 Å². The van der Waals surface area contributed by atoms with Gasteiger partial charge in [-0.1, -0.05) is 64.3 Å². The van der Waals surface area contributed by atoms with Gasteiger partial charge in [0.1, 0.15) is 0 Å². The number of hydrogen-bond acceptors (Lipinski definition) is 1. The Hall–Kier alpha value is -0.820. The molecule has 0 bridgehead atoms. The maximum Gasteiger partial charge on any atom is 0.00983 e. The van der Waals surface area contributed by atoms with Gasteiger partial charge in [0.05, 0.1) is 0 Å². The molecule has 0 saturated heterocycles. The molecule has 2 fully saturated rings. The van der Waals surface area contributed by atoms with Crippen molar-refractivity contribution in [3.05, 3.63) is 37.0 Å². The predicted molar refractivity (Wildman–Crippen MR) is 93.5 cm³/mol. The zero-order valence-electron chi connectivity index (χ0n) is 13.8. The number of allylic oxidation sites excluding steroid dienone is 2. The Labute approximate surface area is 131 Å². The minimum atomic E-state index is 0.826. The van der Waals surface area contributed by atoms with Crippen molar-refractivity contribution in [1.29, 1.82) is 0 Å². The monoisotopic (exact) mass is 287 g/mol. The second-order valence-corrected chi connectivity index (χ2v) is 6.90. The van der Waals surface area contributed by atoms with Crippen LogP contribution in [-0.2, 0) is 0 Å². The molecule has 1 nitrogen and oxygen atoms in total. The van der Waals surface area contributed by atoms with Crippen molar-refractivity contribution in [1.82, 2.24) is 4.90 Å². The summed E-state index contributed by atoms with van der Waals surface area (Å²) in [7, 11) is 0. The minimum Gasteiger partial charge on any atom is -0.297 e. The van der Waals surface area contributed by atoms with Gasteiger partial charge >= 0.3 is 0 Å². The van der Waals surface area contributed by atoms with E-state index in [4.69, 9.17) is 0 Å². The summed E-state index contributed by atoms with van der Waals surface area (Å²) in [4.78, 5) is 2.85. The third-order valence-electron chi connectivity index (χ3n) is 5.46. The lowest BCUT2D eigenvalue weighted by molar-refractivity contribution is 0.0823. The summed E-state index contributed by atoms with van der Waals surface area (Å²) in [5.41, 5.74) is 2.18. The number of rotatable bonds is 7. The second-order valence-electron chi connectivity index (χ2n) is 6.90. The van der Waals surface area contributed by atoms with E-state index in [0.717, 1.165) is 24.1 Å². The second kappa shape index (κ2) is 8.58. The molecule has 1 heteroatoms. The largest absolute Gasteiger partial charge is 0.297 e. The van der Waals surface area contributed by atoms with E-state index < -0.39 is 0 Å². The fourth-order valence-corrected chi connectivity index (χ4v) is 4.06. The molecule has 21 heavy (non-hydrogen) atoms. The fraction of sp³-hybridized carbons (Fsp3) is 0.700. The summed E-state index contributed by atoms with van der Waals surface area (Å²) in [6.45, 7) is 13.2. The van der Waals surface area contributed by atoms with Crippen LogP contribution in [0.4, 0.5) is 0 Å². The Morgan fingerprint density at radius 2 is 1.33 bits per heavy atom. The van der Waals surface area contributed by atoms with E-state index in [1.807, 2.05) is 6.08 Å². The highest BCUT2D eigenvalue weighted by molar-refractivity contribution is 5.33. The molecule has 0 atom stereocenters. The molecule has 118 valence electrons. The average Bonchev–Trinajstić information content (AvgIpc) is 2.56. The highest BCUT2D eigenvalue weighted by Gasteiger charge is 2.28. The first-order valence-corrected chi connectivity index (χ1v) is 8.97. The van der Waals surface area contributed by atoms with E-state index in [1.165, 1.54) is 76.3 Å². The molecule has 2 aliphatic carbocycles. The summed E-state index contributed by atoms with van der Waals surface area (Å²) >= 11 is 0. The van der Waals surface area contributed by atoms with Crippen LogP contribution in [0.3, 0.4) is 0 Å². The zero-order valence-corrected chi connectivity index (χ0v) is 13.8. The van der Waals surface area contributed by atoms with Gasteiger partial charge in [0.25, 0.3) is 0 Å². The van der Waals surface area contributed by atoms with Crippen LogP contribution in [-0.4, -0.2) is 23.5 Å². The van der Waals surface area contributed by atoms with Crippen molar-refractivity contribution in [3.63, 3.8) is 0 Å². The molecule has 0 amide bonds. The Morgan fingerprint density at radius 3 is 1.76 bits per heavy atom. The lowest BCUT2D eigenvalue weighted by Crippen LogP contribution is -2.45. The summed E-state index contributed by atoms with van der Waals surface area (Å²) in [5, 5.41) is 0. The van der Waals surface area contributed by atoms with Gasteiger partial charge in [0.2, 0.25) is 0 Å². The van der Waals surface area contributed by atoms with E-state index >= 15 is 0 Å². The van der Waals surface area contributed by atoms with Gasteiger partial charge in [-0.15, -0.1) is 0 Å². The van der Waals surface area contributed by atoms with Crippen molar-refractivity contribution < 1.29 is 0 Å². The average molecular weight is 287 g/mol. The van der Waals surface area contributed by atoms with Gasteiger partial charge in [0.15, 0.2) is 0 Å². The molecule has 0 aromatic rings. The summed E-state index contributed by atoms with van der Waals surface area (Å²) in [6, 6.07) is 1.65. The van der Waals surface area contributed by atoms with Crippen LogP contribution in [0.1, 0.15) is 70.6 Å². The first-order valence-electron chi connectivity index (χ1n) is 8.97. The third-order valence-corrected chi connectivity index (χ3v) is 5.46. The van der Waals surface area contributed by atoms with E-state index in [1.54, 1.807) is 0 Å². The summed E-state index contributed by atoms with van der Waals surface area (Å²) in [6.07, 6.45) is 17.1. The number of nitrogens with zero attached hydrogens (tertiary/aromatic N) is 1. The molecular formula is C20H33N. The maximum atomic E-state index is 4.19. The Balaban J connectivity index is 1.95. The van der Waals surface area contributed by atoms with E-state index in [2.05, 4.69) is 24.6 Å². The van der Waals surface area contributed by atoms with Crippen LogP contribution >= 0.6 is 0 Å². The van der Waals surface area contributed by atoms with Crippen molar-refractivity contribution >= 4 is 0 Å². The Kier molecular flexibility index (Phi) is 6.76. The van der Waals surface area contributed by atoms with Crippen LogP contribution in [0.15, 0.2) is 37.0 Å². The third kappa shape index (κ3) is 4.85. The van der Waals surface area contributed by atoms with Crippen molar-refractivity contribution in [2.24, 2.45) is 0 Å². The minimum absolute atomic E-state index is 0.826. The molecule has 2 aliphatic rings.